The number of ether oxygens (including phenoxy) is 1. The molecule has 0 radical (unpaired) electrons. The summed E-state index contributed by atoms with van der Waals surface area (Å²) in [5.74, 6) is 0.0458. The molecule has 156 valence electrons. The fourth-order valence-electron chi connectivity index (χ4n) is 3.42. The van der Waals surface area contributed by atoms with E-state index in [1.807, 2.05) is 6.92 Å². The van der Waals surface area contributed by atoms with Crippen LogP contribution in [0.25, 0.3) is 0 Å². The zero-order valence-corrected chi connectivity index (χ0v) is 15.5. The molecule has 0 aliphatic carbocycles. The van der Waals surface area contributed by atoms with E-state index < -0.39 is 43.4 Å². The molecule has 13 heteroatoms. The molecule has 4 heterocycles. The molecular weight excluding hydrogens is 384 g/mol. The highest BCUT2D eigenvalue weighted by molar-refractivity contribution is 6.03. The summed E-state index contributed by atoms with van der Waals surface area (Å²) >= 11 is 0. The van der Waals surface area contributed by atoms with Crippen molar-refractivity contribution in [2.24, 2.45) is 20.7 Å². The van der Waals surface area contributed by atoms with Gasteiger partial charge in [0.1, 0.15) is 30.2 Å². The van der Waals surface area contributed by atoms with Gasteiger partial charge in [0.2, 0.25) is 5.96 Å². The molecule has 1 aromatic heterocycles. The Morgan fingerprint density at radius 2 is 2.17 bits per heavy atom. The van der Waals surface area contributed by atoms with Crippen LogP contribution < -0.4 is 11.1 Å². The quantitative estimate of drug-likeness (QED) is 0.344. The van der Waals surface area contributed by atoms with Crippen molar-refractivity contribution in [3.63, 3.8) is 0 Å². The lowest BCUT2D eigenvalue weighted by atomic mass is 10.1. The molecule has 6 N–H and O–H groups in total. The summed E-state index contributed by atoms with van der Waals surface area (Å²) in [5, 5.41) is 36.4. The van der Waals surface area contributed by atoms with E-state index in [1.165, 1.54) is 28.3 Å². The van der Waals surface area contributed by atoms with E-state index in [0.717, 1.165) is 0 Å². The molecule has 0 bridgehead atoms. The number of aliphatic imine (C=N–C) groups is 3. The summed E-state index contributed by atoms with van der Waals surface area (Å²) < 4.78 is 6.89. The second-order valence-electron chi connectivity index (χ2n) is 6.80. The predicted octanol–water partition coefficient (Wildman–Crippen LogP) is -3.31. The first-order chi connectivity index (χ1) is 13.9. The van der Waals surface area contributed by atoms with E-state index in [-0.39, 0.29) is 17.7 Å². The molecule has 29 heavy (non-hydrogen) atoms. The molecule has 0 aromatic carbocycles. The number of fused-ring (bicyclic) bond motifs is 1. The molecule has 1 amide bonds. The lowest BCUT2D eigenvalue weighted by molar-refractivity contribution is -0.0779. The maximum absolute atomic E-state index is 12.0. The fraction of sp³-hybridized carbons (Fsp3) is 0.562. The number of carbonyl (C=O) groups is 1. The van der Waals surface area contributed by atoms with E-state index in [9.17, 15) is 20.1 Å². The highest BCUT2D eigenvalue weighted by Gasteiger charge is 2.50. The van der Waals surface area contributed by atoms with Crippen LogP contribution in [0.5, 0.6) is 0 Å². The van der Waals surface area contributed by atoms with Crippen molar-refractivity contribution in [2.75, 3.05) is 13.2 Å². The zero-order valence-electron chi connectivity index (χ0n) is 15.5. The van der Waals surface area contributed by atoms with Gasteiger partial charge in [-0.25, -0.2) is 9.67 Å². The molecule has 13 nitrogen and oxygen atoms in total. The van der Waals surface area contributed by atoms with Gasteiger partial charge in [0, 0.05) is 12.7 Å². The number of nitrogens with two attached hydrogens (primary N) is 1. The van der Waals surface area contributed by atoms with Gasteiger partial charge in [-0.2, -0.15) is 10.1 Å². The Labute approximate surface area is 165 Å². The van der Waals surface area contributed by atoms with Crippen molar-refractivity contribution in [1.29, 1.82) is 0 Å². The molecular formula is C16H22N8O5. The van der Waals surface area contributed by atoms with E-state index in [2.05, 4.69) is 25.4 Å². The normalized spacial score (nSPS) is 33.4. The van der Waals surface area contributed by atoms with Crippen LogP contribution >= 0.6 is 0 Å². The second kappa shape index (κ2) is 7.51. The Morgan fingerprint density at radius 1 is 1.38 bits per heavy atom. The maximum Gasteiger partial charge on any atom is 0.254 e. The highest BCUT2D eigenvalue weighted by atomic mass is 16.6. The third-order valence-corrected chi connectivity index (χ3v) is 4.93. The second-order valence-corrected chi connectivity index (χ2v) is 6.80. The predicted molar refractivity (Wildman–Crippen MR) is 100 cm³/mol. The summed E-state index contributed by atoms with van der Waals surface area (Å²) in [6, 6.07) is -0.599. The van der Waals surface area contributed by atoms with Gasteiger partial charge in [-0.3, -0.25) is 9.79 Å². The first kappa shape index (κ1) is 19.4. The molecule has 3 aliphatic heterocycles. The Hall–Kier alpha value is -2.87. The standard InChI is InChI=1S/C16H22N8O5/c1-2-18-14(28)7-3-20-24(4-7)16-21-12(17)9-13(22-16)23(6-19-9)15-11(27)10(26)8(5-25)29-15/h3-4,6,8-11,13,15,25-27H,2,5H2,1H3,(H,18,28)(H2,17,21,22)/t8?,9?,10-,11-,13?,15?/m1/s1. The average Bonchev–Trinajstić information content (AvgIpc) is 3.41. The lowest BCUT2D eigenvalue weighted by Crippen LogP contribution is -2.52. The van der Waals surface area contributed by atoms with Crippen LogP contribution in [0.4, 0.5) is 0 Å². The highest BCUT2D eigenvalue weighted by Crippen LogP contribution is 2.30. The molecule has 0 spiro atoms. The zero-order chi connectivity index (χ0) is 20.7. The maximum atomic E-state index is 12.0. The van der Waals surface area contributed by atoms with Crippen LogP contribution in [0.15, 0.2) is 27.4 Å². The molecule has 3 aliphatic rings. The number of hydrogen-bond acceptors (Lipinski definition) is 11. The van der Waals surface area contributed by atoms with Crippen LogP contribution in [0.2, 0.25) is 0 Å². The molecule has 6 atom stereocenters. The largest absolute Gasteiger partial charge is 0.394 e. The van der Waals surface area contributed by atoms with E-state index in [1.54, 1.807) is 0 Å². The Morgan fingerprint density at radius 3 is 2.86 bits per heavy atom. The van der Waals surface area contributed by atoms with Crippen LogP contribution in [0, 0.1) is 0 Å². The number of aromatic nitrogens is 2. The molecule has 4 unspecified atom stereocenters. The molecule has 1 fully saturated rings. The van der Waals surface area contributed by atoms with Gasteiger partial charge >= 0.3 is 0 Å². The summed E-state index contributed by atoms with van der Waals surface area (Å²) in [7, 11) is 0. The summed E-state index contributed by atoms with van der Waals surface area (Å²) in [5.41, 5.74) is 6.40. The van der Waals surface area contributed by atoms with Crippen LogP contribution in [-0.2, 0) is 4.74 Å². The Balaban J connectivity index is 1.59. The van der Waals surface area contributed by atoms with Crippen molar-refractivity contribution in [3.8, 4) is 0 Å². The SMILES string of the molecule is CCNC(=O)c1cnn(C2=NC3C(N=CN3C3OC(CO)[C@@H](O)[C@H]3O)C(N)=N2)c1. The van der Waals surface area contributed by atoms with Crippen LogP contribution in [-0.4, -0.2) is 104 Å². The number of carbonyl (C=O) groups excluding carboxylic acids is 1. The molecule has 1 saturated heterocycles. The molecule has 4 rings (SSSR count). The lowest BCUT2D eigenvalue weighted by Gasteiger charge is -2.32. The van der Waals surface area contributed by atoms with Crippen LogP contribution in [0.3, 0.4) is 0 Å². The summed E-state index contributed by atoms with van der Waals surface area (Å²) in [4.78, 5) is 26.5. The number of aliphatic hydroxyl groups is 3. The number of amides is 1. The minimum Gasteiger partial charge on any atom is -0.394 e. The fourth-order valence-corrected chi connectivity index (χ4v) is 3.42. The third kappa shape index (κ3) is 3.27. The molecule has 0 saturated carbocycles. The first-order valence-corrected chi connectivity index (χ1v) is 9.13. The monoisotopic (exact) mass is 406 g/mol. The number of nitrogens with one attached hydrogen (secondary N) is 1. The molecule has 1 aromatic rings. The van der Waals surface area contributed by atoms with E-state index >= 15 is 0 Å². The number of amidine groups is 1. The van der Waals surface area contributed by atoms with E-state index in [0.29, 0.717) is 12.1 Å². The number of aliphatic hydroxyl groups excluding tert-OH is 3. The number of nitrogens with zero attached hydrogens (tertiary/aromatic N) is 6. The minimum atomic E-state index is -1.27. The first-order valence-electron chi connectivity index (χ1n) is 9.13. The van der Waals surface area contributed by atoms with Crippen LogP contribution in [0.1, 0.15) is 17.3 Å². The van der Waals surface area contributed by atoms with Gasteiger partial charge in [-0.1, -0.05) is 0 Å². The summed E-state index contributed by atoms with van der Waals surface area (Å²) in [6.45, 7) is 1.85. The van der Waals surface area contributed by atoms with Gasteiger partial charge in [0.25, 0.3) is 5.91 Å². The van der Waals surface area contributed by atoms with E-state index in [4.69, 9.17) is 10.5 Å². The van der Waals surface area contributed by atoms with Crippen molar-refractivity contribution in [2.45, 2.75) is 43.7 Å². The van der Waals surface area contributed by atoms with Gasteiger partial charge in [-0.05, 0) is 6.92 Å². The van der Waals surface area contributed by atoms with Gasteiger partial charge in [0.05, 0.1) is 24.7 Å². The average molecular weight is 406 g/mol. The number of hydrogen-bond donors (Lipinski definition) is 5. The van der Waals surface area contributed by atoms with Crippen molar-refractivity contribution >= 4 is 24.0 Å². The Kier molecular flexibility index (Phi) is 5.04. The van der Waals surface area contributed by atoms with Gasteiger partial charge < -0.3 is 36.0 Å². The van der Waals surface area contributed by atoms with Crippen molar-refractivity contribution in [1.82, 2.24) is 20.0 Å². The third-order valence-electron chi connectivity index (χ3n) is 4.93. The van der Waals surface area contributed by atoms with Crippen molar-refractivity contribution in [3.05, 3.63) is 18.0 Å². The number of rotatable bonds is 4. The van der Waals surface area contributed by atoms with Crippen molar-refractivity contribution < 1.29 is 24.9 Å². The smallest absolute Gasteiger partial charge is 0.254 e. The van der Waals surface area contributed by atoms with Gasteiger partial charge in [0.15, 0.2) is 12.4 Å². The Bertz CT molecular complexity index is 882. The van der Waals surface area contributed by atoms with Gasteiger partial charge in [-0.15, -0.1) is 0 Å². The minimum absolute atomic E-state index is 0.140. The summed E-state index contributed by atoms with van der Waals surface area (Å²) in [6.07, 6.45) is -0.816. The topological polar surface area (TPSA) is 183 Å².